The molecule has 1 aromatic rings. The molecule has 0 saturated heterocycles. The van der Waals surface area contributed by atoms with Crippen LogP contribution >= 0.6 is 11.6 Å². The summed E-state index contributed by atoms with van der Waals surface area (Å²) in [6, 6.07) is 4.68. The number of ether oxygens (including phenoxy) is 3. The van der Waals surface area contributed by atoms with Crippen LogP contribution in [0.1, 0.15) is 52.9 Å². The number of halogens is 1. The second-order valence-corrected chi connectivity index (χ2v) is 6.25. The zero-order valence-corrected chi connectivity index (χ0v) is 16.1. The number of esters is 2. The van der Waals surface area contributed by atoms with Crippen LogP contribution in [0, 0.1) is 5.41 Å². The van der Waals surface area contributed by atoms with E-state index in [9.17, 15) is 9.59 Å². The number of methoxy groups -OCH3 is 1. The molecular weight excluding hydrogens is 344 g/mol. The summed E-state index contributed by atoms with van der Waals surface area (Å²) in [6.45, 7) is 5.93. The highest BCUT2D eigenvalue weighted by molar-refractivity contribution is 6.30. The van der Waals surface area contributed by atoms with Crippen molar-refractivity contribution in [3.05, 3.63) is 23.2 Å². The Balaban J connectivity index is 2.93. The molecule has 0 aromatic heterocycles. The van der Waals surface area contributed by atoms with Gasteiger partial charge in [0.1, 0.15) is 0 Å². The van der Waals surface area contributed by atoms with Gasteiger partial charge in [0.05, 0.1) is 13.7 Å². The maximum atomic E-state index is 12.8. The Morgan fingerprint density at radius 1 is 1.04 bits per heavy atom. The molecule has 0 N–H and O–H groups in total. The molecule has 1 aromatic carbocycles. The second-order valence-electron chi connectivity index (χ2n) is 5.82. The summed E-state index contributed by atoms with van der Waals surface area (Å²) in [7, 11) is 1.46. The zero-order chi connectivity index (χ0) is 18.9. The van der Waals surface area contributed by atoms with Gasteiger partial charge in [-0.05, 0) is 31.4 Å². The van der Waals surface area contributed by atoms with E-state index >= 15 is 0 Å². The van der Waals surface area contributed by atoms with Gasteiger partial charge in [0.2, 0.25) is 0 Å². The first-order chi connectivity index (χ1) is 11.9. The molecule has 0 amide bonds. The van der Waals surface area contributed by atoms with Crippen molar-refractivity contribution in [2.24, 2.45) is 5.41 Å². The third kappa shape index (κ3) is 5.36. The lowest BCUT2D eigenvalue weighted by Crippen LogP contribution is -2.42. The fourth-order valence-corrected chi connectivity index (χ4v) is 2.65. The molecule has 0 aliphatic heterocycles. The third-order valence-corrected chi connectivity index (χ3v) is 4.53. The highest BCUT2D eigenvalue weighted by atomic mass is 35.5. The summed E-state index contributed by atoms with van der Waals surface area (Å²) in [5, 5.41) is 0.462. The Morgan fingerprint density at radius 2 is 1.72 bits per heavy atom. The van der Waals surface area contributed by atoms with Crippen LogP contribution in [0.3, 0.4) is 0 Å². The Kier molecular flexibility index (Phi) is 8.76. The zero-order valence-electron chi connectivity index (χ0n) is 15.4. The van der Waals surface area contributed by atoms with Gasteiger partial charge in [0, 0.05) is 11.1 Å². The van der Waals surface area contributed by atoms with E-state index in [0.29, 0.717) is 30.2 Å². The first-order valence-corrected chi connectivity index (χ1v) is 9.06. The van der Waals surface area contributed by atoms with Crippen molar-refractivity contribution in [1.82, 2.24) is 0 Å². The molecule has 0 bridgehead atoms. The van der Waals surface area contributed by atoms with E-state index in [1.807, 2.05) is 0 Å². The summed E-state index contributed by atoms with van der Waals surface area (Å²) in [5.41, 5.74) is -1.32. The molecule has 0 aliphatic rings. The Morgan fingerprint density at radius 3 is 2.28 bits per heavy atom. The Bertz CT molecular complexity index is 581. The van der Waals surface area contributed by atoms with Crippen molar-refractivity contribution < 1.29 is 23.8 Å². The summed E-state index contributed by atoms with van der Waals surface area (Å²) in [6.07, 6.45) is 3.38. The molecule has 0 atom stereocenters. The fraction of sp³-hybridized carbons (Fsp3) is 0.579. The number of hydrogen-bond donors (Lipinski definition) is 0. The van der Waals surface area contributed by atoms with Crippen LogP contribution in [0.5, 0.6) is 11.5 Å². The van der Waals surface area contributed by atoms with Crippen LogP contribution in [0.15, 0.2) is 18.2 Å². The first kappa shape index (κ1) is 21.3. The highest BCUT2D eigenvalue weighted by Crippen LogP contribution is 2.35. The van der Waals surface area contributed by atoms with Crippen molar-refractivity contribution in [1.29, 1.82) is 0 Å². The van der Waals surface area contributed by atoms with Crippen LogP contribution in [0.4, 0.5) is 0 Å². The summed E-state index contributed by atoms with van der Waals surface area (Å²) < 4.78 is 16.0. The van der Waals surface area contributed by atoms with Gasteiger partial charge in [-0.3, -0.25) is 9.59 Å². The van der Waals surface area contributed by atoms with Crippen molar-refractivity contribution in [3.8, 4) is 11.5 Å². The first-order valence-electron chi connectivity index (χ1n) is 8.68. The maximum absolute atomic E-state index is 12.8. The Hall–Kier alpha value is -1.75. The molecule has 0 fully saturated rings. The standard InChI is InChI=1S/C19H27ClO5/c1-5-8-9-12-24-17(21)19(6-2,7-3)18(22)25-15-11-10-14(20)13-16(15)23-4/h10-11,13H,5-9,12H2,1-4H3. The van der Waals surface area contributed by atoms with Gasteiger partial charge >= 0.3 is 11.9 Å². The molecule has 0 saturated carbocycles. The minimum atomic E-state index is -1.32. The average Bonchev–Trinajstić information content (AvgIpc) is 2.61. The van der Waals surface area contributed by atoms with Crippen LogP contribution in [-0.2, 0) is 14.3 Å². The fourth-order valence-electron chi connectivity index (χ4n) is 2.49. The minimum absolute atomic E-state index is 0.224. The van der Waals surface area contributed by atoms with Gasteiger partial charge in [-0.25, -0.2) is 0 Å². The van der Waals surface area contributed by atoms with Gasteiger partial charge in [-0.2, -0.15) is 0 Å². The molecule has 140 valence electrons. The number of benzene rings is 1. The van der Waals surface area contributed by atoms with Gasteiger partial charge < -0.3 is 14.2 Å². The van der Waals surface area contributed by atoms with Crippen LogP contribution in [-0.4, -0.2) is 25.7 Å². The van der Waals surface area contributed by atoms with Crippen molar-refractivity contribution in [2.75, 3.05) is 13.7 Å². The predicted molar refractivity (Wildman–Crippen MR) is 97.1 cm³/mol. The number of hydrogen-bond acceptors (Lipinski definition) is 5. The quantitative estimate of drug-likeness (QED) is 0.256. The minimum Gasteiger partial charge on any atom is -0.493 e. The maximum Gasteiger partial charge on any atom is 0.328 e. The molecular formula is C19H27ClO5. The van der Waals surface area contributed by atoms with Gasteiger partial charge in [0.25, 0.3) is 0 Å². The number of carbonyl (C=O) groups excluding carboxylic acids is 2. The normalized spacial score (nSPS) is 11.1. The van der Waals surface area contributed by atoms with Crippen molar-refractivity contribution in [2.45, 2.75) is 52.9 Å². The number of carbonyl (C=O) groups is 2. The van der Waals surface area contributed by atoms with E-state index in [1.165, 1.54) is 7.11 Å². The van der Waals surface area contributed by atoms with Crippen LogP contribution in [0.2, 0.25) is 5.02 Å². The smallest absolute Gasteiger partial charge is 0.328 e. The van der Waals surface area contributed by atoms with E-state index in [1.54, 1.807) is 32.0 Å². The number of unbranched alkanes of at least 4 members (excludes halogenated alkanes) is 2. The van der Waals surface area contributed by atoms with Gasteiger partial charge in [0.15, 0.2) is 16.9 Å². The SMILES string of the molecule is CCCCCOC(=O)C(CC)(CC)C(=O)Oc1ccc(Cl)cc1OC. The second kappa shape index (κ2) is 10.3. The predicted octanol–water partition coefficient (Wildman–Crippen LogP) is 4.79. The average molecular weight is 371 g/mol. The molecule has 0 unspecified atom stereocenters. The topological polar surface area (TPSA) is 61.8 Å². The van der Waals surface area contributed by atoms with Gasteiger partial charge in [-0.1, -0.05) is 45.2 Å². The van der Waals surface area contributed by atoms with E-state index in [2.05, 4.69) is 6.92 Å². The summed E-state index contributed by atoms with van der Waals surface area (Å²) in [5.74, 6) is -0.620. The van der Waals surface area contributed by atoms with E-state index in [0.717, 1.165) is 19.3 Å². The Labute approximate surface area is 154 Å². The van der Waals surface area contributed by atoms with E-state index in [-0.39, 0.29) is 5.75 Å². The number of rotatable bonds is 10. The van der Waals surface area contributed by atoms with E-state index < -0.39 is 17.4 Å². The molecule has 0 spiro atoms. The lowest BCUT2D eigenvalue weighted by Gasteiger charge is -2.27. The molecule has 0 aliphatic carbocycles. The monoisotopic (exact) mass is 370 g/mol. The lowest BCUT2D eigenvalue weighted by molar-refractivity contribution is -0.168. The summed E-state index contributed by atoms with van der Waals surface area (Å²) >= 11 is 5.92. The van der Waals surface area contributed by atoms with E-state index in [4.69, 9.17) is 25.8 Å². The summed E-state index contributed by atoms with van der Waals surface area (Å²) in [4.78, 5) is 25.3. The molecule has 0 heterocycles. The molecule has 1 rings (SSSR count). The van der Waals surface area contributed by atoms with Crippen molar-refractivity contribution >= 4 is 23.5 Å². The molecule has 25 heavy (non-hydrogen) atoms. The molecule has 5 nitrogen and oxygen atoms in total. The van der Waals surface area contributed by atoms with Crippen LogP contribution in [0.25, 0.3) is 0 Å². The lowest BCUT2D eigenvalue weighted by atomic mass is 9.82. The van der Waals surface area contributed by atoms with Crippen LogP contribution < -0.4 is 9.47 Å². The van der Waals surface area contributed by atoms with Gasteiger partial charge in [-0.15, -0.1) is 0 Å². The van der Waals surface area contributed by atoms with Crippen molar-refractivity contribution in [3.63, 3.8) is 0 Å². The highest BCUT2D eigenvalue weighted by Gasteiger charge is 2.46. The third-order valence-electron chi connectivity index (χ3n) is 4.30. The molecule has 0 radical (unpaired) electrons. The molecule has 6 heteroatoms. The largest absolute Gasteiger partial charge is 0.493 e.